The van der Waals surface area contributed by atoms with Crippen molar-refractivity contribution in [2.24, 2.45) is 11.1 Å². The van der Waals surface area contributed by atoms with Gasteiger partial charge in [0.2, 0.25) is 5.91 Å². The highest BCUT2D eigenvalue weighted by Crippen LogP contribution is 2.28. The fourth-order valence-corrected chi connectivity index (χ4v) is 1.84. The second-order valence-corrected chi connectivity index (χ2v) is 4.72. The first-order valence-corrected chi connectivity index (χ1v) is 5.96. The number of nitrogens with one attached hydrogen (secondary N) is 1. The molecule has 0 aromatic rings. The highest BCUT2D eigenvalue weighted by atomic mass is 16.5. The van der Waals surface area contributed by atoms with Crippen molar-refractivity contribution < 1.29 is 24.2 Å². The minimum atomic E-state index is -1.16. The number of hydrogen-bond donors (Lipinski definition) is 3. The summed E-state index contributed by atoms with van der Waals surface area (Å²) in [7, 11) is 0. The van der Waals surface area contributed by atoms with Crippen molar-refractivity contribution in [3.63, 3.8) is 0 Å². The highest BCUT2D eigenvalue weighted by Gasteiger charge is 2.47. The molecule has 108 valence electrons. The minimum Gasteiger partial charge on any atom is -0.481 e. The van der Waals surface area contributed by atoms with E-state index in [-0.39, 0.29) is 19.8 Å². The van der Waals surface area contributed by atoms with Gasteiger partial charge in [0.15, 0.2) is 0 Å². The Morgan fingerprint density at radius 3 is 2.63 bits per heavy atom. The van der Waals surface area contributed by atoms with Crippen LogP contribution in [0.15, 0.2) is 0 Å². The summed E-state index contributed by atoms with van der Waals surface area (Å²) in [5, 5.41) is 11.8. The molecule has 2 atom stereocenters. The van der Waals surface area contributed by atoms with Gasteiger partial charge in [-0.3, -0.25) is 9.59 Å². The van der Waals surface area contributed by atoms with Gasteiger partial charge in [-0.2, -0.15) is 0 Å². The Bertz CT molecular complexity index is 387. The van der Waals surface area contributed by atoms with Crippen molar-refractivity contribution >= 4 is 17.9 Å². The van der Waals surface area contributed by atoms with Crippen molar-refractivity contribution in [1.29, 1.82) is 0 Å². The zero-order valence-corrected chi connectivity index (χ0v) is 11.0. The van der Waals surface area contributed by atoms with Crippen LogP contribution in [0, 0.1) is 5.41 Å². The molecule has 1 aliphatic rings. The lowest BCUT2D eigenvalue weighted by Gasteiger charge is -2.28. The number of likely N-dealkylation sites (N-methyl/N-ethyl adjacent to an activating group) is 1. The van der Waals surface area contributed by atoms with Gasteiger partial charge in [-0.05, 0) is 13.8 Å². The Labute approximate surface area is 110 Å². The van der Waals surface area contributed by atoms with Gasteiger partial charge in [-0.25, -0.2) is 4.79 Å². The Morgan fingerprint density at radius 1 is 1.53 bits per heavy atom. The summed E-state index contributed by atoms with van der Waals surface area (Å²) in [6.07, 6.45) is 0. The van der Waals surface area contributed by atoms with Crippen LogP contribution >= 0.6 is 0 Å². The lowest BCUT2D eigenvalue weighted by molar-refractivity contribution is -0.148. The number of amides is 3. The molecule has 1 aliphatic heterocycles. The molecule has 8 heteroatoms. The number of aliphatic carboxylic acids is 1. The summed E-state index contributed by atoms with van der Waals surface area (Å²) in [5.41, 5.74) is 3.87. The number of primary amides is 1. The monoisotopic (exact) mass is 273 g/mol. The van der Waals surface area contributed by atoms with E-state index in [1.807, 2.05) is 0 Å². The van der Waals surface area contributed by atoms with Gasteiger partial charge in [0.1, 0.15) is 12.0 Å². The number of carboxylic acid groups (broad SMARTS) is 1. The van der Waals surface area contributed by atoms with Crippen LogP contribution in [0.5, 0.6) is 0 Å². The largest absolute Gasteiger partial charge is 0.481 e. The van der Waals surface area contributed by atoms with E-state index in [9.17, 15) is 19.5 Å². The number of rotatable bonds is 5. The third-order valence-corrected chi connectivity index (χ3v) is 3.26. The molecule has 8 nitrogen and oxygen atoms in total. The van der Waals surface area contributed by atoms with Crippen molar-refractivity contribution in [2.45, 2.75) is 19.9 Å². The molecule has 0 aromatic heterocycles. The summed E-state index contributed by atoms with van der Waals surface area (Å²) >= 11 is 0. The topological polar surface area (TPSA) is 122 Å². The van der Waals surface area contributed by atoms with Crippen LogP contribution in [0.3, 0.4) is 0 Å². The Kier molecular flexibility index (Phi) is 4.71. The summed E-state index contributed by atoms with van der Waals surface area (Å²) < 4.78 is 5.12. The van der Waals surface area contributed by atoms with Gasteiger partial charge in [0, 0.05) is 6.54 Å². The van der Waals surface area contributed by atoms with Crippen LogP contribution in [0.4, 0.5) is 4.79 Å². The van der Waals surface area contributed by atoms with Crippen LogP contribution in [0.1, 0.15) is 13.8 Å². The normalized spacial score (nSPS) is 25.9. The summed E-state index contributed by atoms with van der Waals surface area (Å²) in [5.74, 6) is -1.66. The molecule has 1 saturated heterocycles. The fraction of sp³-hybridized carbons (Fsp3) is 0.727. The average molecular weight is 273 g/mol. The predicted octanol–water partition coefficient (Wildman–Crippen LogP) is -1.01. The first kappa shape index (κ1) is 15.2. The Morgan fingerprint density at radius 2 is 2.16 bits per heavy atom. The lowest BCUT2D eigenvalue weighted by Crippen LogP contribution is -2.54. The molecule has 4 N–H and O–H groups in total. The molecular formula is C11H19N3O5. The molecule has 1 rings (SSSR count). The van der Waals surface area contributed by atoms with Gasteiger partial charge >= 0.3 is 12.0 Å². The van der Waals surface area contributed by atoms with Gasteiger partial charge in [0.25, 0.3) is 0 Å². The van der Waals surface area contributed by atoms with E-state index in [0.29, 0.717) is 6.54 Å². The molecule has 0 bridgehead atoms. The van der Waals surface area contributed by atoms with Crippen LogP contribution in [0.25, 0.3) is 0 Å². The smallest absolute Gasteiger partial charge is 0.318 e. The maximum absolute atomic E-state index is 11.9. The molecule has 1 heterocycles. The maximum atomic E-state index is 11.9. The molecular weight excluding hydrogens is 254 g/mol. The fourth-order valence-electron chi connectivity index (χ4n) is 1.84. The van der Waals surface area contributed by atoms with E-state index in [1.165, 1.54) is 11.8 Å². The summed E-state index contributed by atoms with van der Waals surface area (Å²) in [4.78, 5) is 35.2. The van der Waals surface area contributed by atoms with Gasteiger partial charge in [0.05, 0.1) is 19.3 Å². The van der Waals surface area contributed by atoms with E-state index < -0.39 is 29.4 Å². The number of urea groups is 1. The zero-order chi connectivity index (χ0) is 14.6. The van der Waals surface area contributed by atoms with Crippen LogP contribution in [-0.4, -0.2) is 60.3 Å². The molecule has 0 radical (unpaired) electrons. The van der Waals surface area contributed by atoms with Crippen LogP contribution in [0.2, 0.25) is 0 Å². The predicted molar refractivity (Wildman–Crippen MR) is 65.3 cm³/mol. The van der Waals surface area contributed by atoms with E-state index in [2.05, 4.69) is 5.32 Å². The molecule has 1 fully saturated rings. The second kappa shape index (κ2) is 5.87. The second-order valence-electron chi connectivity index (χ2n) is 4.72. The minimum absolute atomic E-state index is 0.0369. The van der Waals surface area contributed by atoms with Gasteiger partial charge in [-0.15, -0.1) is 0 Å². The van der Waals surface area contributed by atoms with Crippen molar-refractivity contribution in [3.05, 3.63) is 0 Å². The maximum Gasteiger partial charge on any atom is 0.318 e. The number of nitrogens with zero attached hydrogens (tertiary/aromatic N) is 1. The molecule has 0 saturated carbocycles. The average Bonchev–Trinajstić information content (AvgIpc) is 2.69. The zero-order valence-electron chi connectivity index (χ0n) is 11.0. The lowest BCUT2D eigenvalue weighted by atomic mass is 9.85. The number of hydrogen-bond acceptors (Lipinski definition) is 4. The highest BCUT2D eigenvalue weighted by molar-refractivity contribution is 5.84. The van der Waals surface area contributed by atoms with E-state index in [1.54, 1.807) is 6.92 Å². The van der Waals surface area contributed by atoms with Crippen LogP contribution < -0.4 is 11.1 Å². The quantitative estimate of drug-likeness (QED) is 0.592. The molecule has 2 unspecified atom stereocenters. The molecule has 0 aliphatic carbocycles. The number of carbonyl (C=O) groups excluding carboxylic acids is 2. The number of ether oxygens (including phenoxy) is 1. The molecule has 3 amide bonds. The number of nitrogens with two attached hydrogens (primary N) is 1. The Balaban J connectivity index is 2.70. The van der Waals surface area contributed by atoms with Crippen molar-refractivity contribution in [3.8, 4) is 0 Å². The standard InChI is InChI=1S/C11H19N3O5/c1-3-14(4-8(12)15)10(18)13-7-5-19-6-11(7,2)9(16)17/h7H,3-6H2,1-2H3,(H2,12,15)(H,13,18)(H,16,17). The van der Waals surface area contributed by atoms with E-state index in [0.717, 1.165) is 0 Å². The molecule has 19 heavy (non-hydrogen) atoms. The SMILES string of the molecule is CCN(CC(N)=O)C(=O)NC1COCC1(C)C(=O)O. The summed E-state index contributed by atoms with van der Waals surface area (Å²) in [6, 6.07) is -1.16. The first-order chi connectivity index (χ1) is 8.81. The van der Waals surface area contributed by atoms with Crippen molar-refractivity contribution in [1.82, 2.24) is 10.2 Å². The van der Waals surface area contributed by atoms with Gasteiger partial charge < -0.3 is 25.8 Å². The van der Waals surface area contributed by atoms with Crippen LogP contribution in [-0.2, 0) is 14.3 Å². The van der Waals surface area contributed by atoms with Crippen molar-refractivity contribution in [2.75, 3.05) is 26.3 Å². The number of carbonyl (C=O) groups is 3. The molecule has 0 spiro atoms. The summed E-state index contributed by atoms with van der Waals surface area (Å²) in [6.45, 7) is 3.46. The third kappa shape index (κ3) is 3.34. The Hall–Kier alpha value is -1.83. The van der Waals surface area contributed by atoms with E-state index in [4.69, 9.17) is 10.5 Å². The number of carboxylic acids is 1. The van der Waals surface area contributed by atoms with E-state index >= 15 is 0 Å². The molecule has 0 aromatic carbocycles. The van der Waals surface area contributed by atoms with Gasteiger partial charge in [-0.1, -0.05) is 0 Å². The first-order valence-electron chi connectivity index (χ1n) is 5.96. The third-order valence-electron chi connectivity index (χ3n) is 3.26.